The predicted molar refractivity (Wildman–Crippen MR) is 104 cm³/mol. The molecule has 0 bridgehead atoms. The zero-order chi connectivity index (χ0) is 17.8. The van der Waals surface area contributed by atoms with Crippen LogP contribution in [0.1, 0.15) is 16.8 Å². The molecular weight excluding hydrogens is 350 g/mol. The van der Waals surface area contributed by atoms with Crippen LogP contribution in [0.2, 0.25) is 0 Å². The van der Waals surface area contributed by atoms with Gasteiger partial charge in [-0.3, -0.25) is 4.79 Å². The number of thiophene rings is 1. The first-order chi connectivity index (χ1) is 12.1. The number of benzene rings is 1. The van der Waals surface area contributed by atoms with Gasteiger partial charge in [-0.15, -0.1) is 22.7 Å². The molecule has 3 aromatic rings. The van der Waals surface area contributed by atoms with Crippen LogP contribution in [-0.4, -0.2) is 10.9 Å². The number of amides is 1. The maximum Gasteiger partial charge on any atom is 0.266 e. The van der Waals surface area contributed by atoms with E-state index >= 15 is 0 Å². The minimum absolute atomic E-state index is 0.0306. The number of carbonyl (C=O) groups is 1. The minimum atomic E-state index is -0.430. The number of aryl methyl sites for hydroxylation is 2. The van der Waals surface area contributed by atoms with Gasteiger partial charge in [0, 0.05) is 11.1 Å². The first kappa shape index (κ1) is 17.1. The van der Waals surface area contributed by atoms with Crippen molar-refractivity contribution in [3.8, 4) is 16.0 Å². The Balaban J connectivity index is 1.80. The SMILES string of the molecule is Cc1ccc(NC(=O)/C(C#N)=C\c2csc(-c3cccs3)n2)c(C)c1. The van der Waals surface area contributed by atoms with Gasteiger partial charge in [0.05, 0.1) is 10.6 Å². The van der Waals surface area contributed by atoms with E-state index in [1.165, 1.54) is 17.4 Å². The molecule has 0 spiro atoms. The standard InChI is InChI=1S/C19H15N3OS2/c1-12-5-6-16(13(2)8-12)22-18(23)14(10-20)9-15-11-25-19(21-15)17-4-3-7-24-17/h3-9,11H,1-2H3,(H,22,23)/b14-9-. The number of nitrogens with one attached hydrogen (secondary N) is 1. The second kappa shape index (κ2) is 7.43. The monoisotopic (exact) mass is 365 g/mol. The van der Waals surface area contributed by atoms with Crippen molar-refractivity contribution in [2.75, 3.05) is 5.32 Å². The molecule has 0 saturated heterocycles. The van der Waals surface area contributed by atoms with Gasteiger partial charge in [0.2, 0.25) is 0 Å². The summed E-state index contributed by atoms with van der Waals surface area (Å²) in [6.07, 6.45) is 1.52. The van der Waals surface area contributed by atoms with Crippen LogP contribution in [0.15, 0.2) is 46.7 Å². The molecule has 1 amide bonds. The first-order valence-electron chi connectivity index (χ1n) is 7.56. The molecule has 4 nitrogen and oxygen atoms in total. The summed E-state index contributed by atoms with van der Waals surface area (Å²) in [5.74, 6) is -0.430. The molecule has 0 radical (unpaired) electrons. The highest BCUT2D eigenvalue weighted by atomic mass is 32.1. The number of thiazole rings is 1. The fourth-order valence-corrected chi connectivity index (χ4v) is 3.90. The summed E-state index contributed by atoms with van der Waals surface area (Å²) in [5, 5.41) is 16.8. The van der Waals surface area contributed by atoms with Crippen LogP contribution in [-0.2, 0) is 4.79 Å². The number of carbonyl (C=O) groups excluding carboxylic acids is 1. The largest absolute Gasteiger partial charge is 0.321 e. The molecule has 1 N–H and O–H groups in total. The molecular formula is C19H15N3OS2. The summed E-state index contributed by atoms with van der Waals surface area (Å²) in [6, 6.07) is 11.7. The Morgan fingerprint density at radius 3 is 2.80 bits per heavy atom. The van der Waals surface area contributed by atoms with Gasteiger partial charge in [0.15, 0.2) is 0 Å². The third kappa shape index (κ3) is 4.02. The van der Waals surface area contributed by atoms with Crippen molar-refractivity contribution in [2.45, 2.75) is 13.8 Å². The molecule has 0 saturated carbocycles. The van der Waals surface area contributed by atoms with E-state index in [-0.39, 0.29) is 5.57 Å². The van der Waals surface area contributed by atoms with Gasteiger partial charge in [-0.1, -0.05) is 23.8 Å². The van der Waals surface area contributed by atoms with Crippen LogP contribution in [0, 0.1) is 25.2 Å². The molecule has 0 aliphatic carbocycles. The van der Waals surface area contributed by atoms with Crippen molar-refractivity contribution >= 4 is 40.3 Å². The van der Waals surface area contributed by atoms with Crippen molar-refractivity contribution < 1.29 is 4.79 Å². The molecule has 0 atom stereocenters. The van der Waals surface area contributed by atoms with E-state index in [0.717, 1.165) is 21.0 Å². The predicted octanol–water partition coefficient (Wildman–Crippen LogP) is 5.03. The van der Waals surface area contributed by atoms with E-state index in [9.17, 15) is 10.1 Å². The number of hydrogen-bond donors (Lipinski definition) is 1. The summed E-state index contributed by atoms with van der Waals surface area (Å²) in [5.41, 5.74) is 3.42. The lowest BCUT2D eigenvalue weighted by atomic mass is 10.1. The Hall–Kier alpha value is -2.75. The van der Waals surface area contributed by atoms with E-state index in [1.54, 1.807) is 11.3 Å². The van der Waals surface area contributed by atoms with Gasteiger partial charge in [-0.25, -0.2) is 4.98 Å². The second-order valence-electron chi connectivity index (χ2n) is 5.50. The molecule has 25 heavy (non-hydrogen) atoms. The fourth-order valence-electron chi connectivity index (χ4n) is 2.31. The topological polar surface area (TPSA) is 65.8 Å². The van der Waals surface area contributed by atoms with E-state index in [2.05, 4.69) is 10.3 Å². The maximum absolute atomic E-state index is 12.4. The Kier molecular flexibility index (Phi) is 5.08. The van der Waals surface area contributed by atoms with Gasteiger partial charge >= 0.3 is 0 Å². The van der Waals surface area contributed by atoms with E-state index < -0.39 is 5.91 Å². The average Bonchev–Trinajstić information content (AvgIpc) is 3.26. The van der Waals surface area contributed by atoms with Gasteiger partial charge < -0.3 is 5.32 Å². The Morgan fingerprint density at radius 1 is 1.28 bits per heavy atom. The smallest absolute Gasteiger partial charge is 0.266 e. The molecule has 2 aromatic heterocycles. The van der Waals surface area contributed by atoms with Crippen LogP contribution < -0.4 is 5.32 Å². The fraction of sp³-hybridized carbons (Fsp3) is 0.105. The second-order valence-corrected chi connectivity index (χ2v) is 7.30. The van der Waals surface area contributed by atoms with Crippen molar-refractivity contribution in [2.24, 2.45) is 0 Å². The number of anilines is 1. The molecule has 0 unspecified atom stereocenters. The number of aromatic nitrogens is 1. The lowest BCUT2D eigenvalue weighted by molar-refractivity contribution is -0.112. The maximum atomic E-state index is 12.4. The molecule has 3 rings (SSSR count). The van der Waals surface area contributed by atoms with E-state index in [1.807, 2.05) is 61.0 Å². The molecule has 0 aliphatic rings. The van der Waals surface area contributed by atoms with Crippen molar-refractivity contribution in [1.29, 1.82) is 5.26 Å². The molecule has 1 aromatic carbocycles. The van der Waals surface area contributed by atoms with E-state index in [4.69, 9.17) is 0 Å². The van der Waals surface area contributed by atoms with Crippen LogP contribution in [0.25, 0.3) is 16.0 Å². The third-order valence-corrected chi connectivity index (χ3v) is 5.44. The van der Waals surface area contributed by atoms with Gasteiger partial charge in [0.1, 0.15) is 16.6 Å². The Labute approximate surface area is 154 Å². The summed E-state index contributed by atoms with van der Waals surface area (Å²) in [7, 11) is 0. The highest BCUT2D eigenvalue weighted by molar-refractivity contribution is 7.20. The summed E-state index contributed by atoms with van der Waals surface area (Å²) >= 11 is 3.10. The highest BCUT2D eigenvalue weighted by Gasteiger charge is 2.12. The summed E-state index contributed by atoms with van der Waals surface area (Å²) in [4.78, 5) is 17.9. The van der Waals surface area contributed by atoms with Crippen molar-refractivity contribution in [3.05, 3.63) is 63.5 Å². The van der Waals surface area contributed by atoms with Gasteiger partial charge in [-0.2, -0.15) is 5.26 Å². The lowest BCUT2D eigenvalue weighted by Crippen LogP contribution is -2.14. The molecule has 124 valence electrons. The quantitative estimate of drug-likeness (QED) is 0.521. The van der Waals surface area contributed by atoms with Crippen LogP contribution in [0.3, 0.4) is 0 Å². The zero-order valence-corrected chi connectivity index (χ0v) is 15.4. The van der Waals surface area contributed by atoms with Crippen molar-refractivity contribution in [3.63, 3.8) is 0 Å². The van der Waals surface area contributed by atoms with Gasteiger partial charge in [-0.05, 0) is 43.0 Å². The van der Waals surface area contributed by atoms with Crippen LogP contribution >= 0.6 is 22.7 Å². The average molecular weight is 365 g/mol. The number of hydrogen-bond acceptors (Lipinski definition) is 5. The van der Waals surface area contributed by atoms with Gasteiger partial charge in [0.25, 0.3) is 5.91 Å². The molecule has 6 heteroatoms. The first-order valence-corrected chi connectivity index (χ1v) is 9.32. The van der Waals surface area contributed by atoms with Crippen LogP contribution in [0.4, 0.5) is 5.69 Å². The van der Waals surface area contributed by atoms with Crippen molar-refractivity contribution in [1.82, 2.24) is 4.98 Å². The molecule has 2 heterocycles. The summed E-state index contributed by atoms with van der Waals surface area (Å²) < 4.78 is 0. The molecule has 0 fully saturated rings. The highest BCUT2D eigenvalue weighted by Crippen LogP contribution is 2.28. The Bertz CT molecular complexity index is 979. The molecule has 0 aliphatic heterocycles. The number of nitriles is 1. The number of nitrogens with zero attached hydrogens (tertiary/aromatic N) is 2. The lowest BCUT2D eigenvalue weighted by Gasteiger charge is -2.08. The zero-order valence-electron chi connectivity index (χ0n) is 13.7. The van der Waals surface area contributed by atoms with Crippen LogP contribution in [0.5, 0.6) is 0 Å². The Morgan fingerprint density at radius 2 is 2.12 bits per heavy atom. The third-order valence-electron chi connectivity index (χ3n) is 3.54. The normalized spacial score (nSPS) is 11.2. The number of rotatable bonds is 4. The summed E-state index contributed by atoms with van der Waals surface area (Å²) in [6.45, 7) is 3.92. The minimum Gasteiger partial charge on any atom is -0.321 e. The van der Waals surface area contributed by atoms with E-state index in [0.29, 0.717) is 11.4 Å².